The molecule has 1 aromatic heterocycles. The number of carbonyl (C=O) groups excluding carboxylic acids is 2. The Morgan fingerprint density at radius 3 is 2.35 bits per heavy atom. The van der Waals surface area contributed by atoms with Gasteiger partial charge >= 0.3 is 27.3 Å². The zero-order chi connectivity index (χ0) is 25.0. The second kappa shape index (κ2) is 10.3. The molecule has 1 fully saturated rings. The Hall–Kier alpha value is -2.63. The van der Waals surface area contributed by atoms with Gasteiger partial charge in [-0.3, -0.25) is 28.0 Å². The average molecular weight is 516 g/mol. The average Bonchev–Trinajstić information content (AvgIpc) is 2.76. The number of nitrogens with one attached hydrogen (secondary N) is 1. The molecule has 0 radical (unpaired) electrons. The van der Waals surface area contributed by atoms with Crippen molar-refractivity contribution < 1.29 is 52.1 Å². The highest BCUT2D eigenvalue weighted by molar-refractivity contribution is 7.73. The van der Waals surface area contributed by atoms with E-state index in [1.807, 2.05) is 0 Å². The van der Waals surface area contributed by atoms with Crippen LogP contribution in [0.4, 0.5) is 4.79 Å². The number of aliphatic hydroxyl groups is 1. The Morgan fingerprint density at radius 2 is 1.79 bits per heavy atom. The Bertz CT molecular complexity index is 1100. The van der Waals surface area contributed by atoms with Crippen LogP contribution in [0.15, 0.2) is 48.8 Å². The zero-order valence-corrected chi connectivity index (χ0v) is 19.6. The number of amides is 1. The fraction of sp³-hybridized carbons (Fsp3) is 0.316. The minimum Gasteiger partial charge on any atom is -0.464 e. The lowest BCUT2D eigenvalue weighted by atomic mass is 10.2. The lowest BCUT2D eigenvalue weighted by molar-refractivity contribution is -0.140. The molecule has 0 bridgehead atoms. The van der Waals surface area contributed by atoms with Crippen LogP contribution in [0.3, 0.4) is 0 Å². The smallest absolute Gasteiger partial charge is 0.412 e. The van der Waals surface area contributed by atoms with E-state index < -0.39 is 45.0 Å². The molecule has 1 aromatic carbocycles. The van der Waals surface area contributed by atoms with Crippen LogP contribution < -0.4 is 10.1 Å². The lowest BCUT2D eigenvalue weighted by Crippen LogP contribution is -2.37. The summed E-state index contributed by atoms with van der Waals surface area (Å²) in [5.41, 5.74) is 0.265. The number of carbonyl (C=O) groups is 2. The first-order chi connectivity index (χ1) is 15.9. The number of aromatic nitrogens is 1. The van der Waals surface area contributed by atoms with Gasteiger partial charge in [-0.2, -0.15) is 0 Å². The van der Waals surface area contributed by atoms with Gasteiger partial charge in [-0.1, -0.05) is 18.2 Å². The molecular formula is C19H22N2O11P2. The Labute approximate surface area is 193 Å². The van der Waals surface area contributed by atoms with Gasteiger partial charge in [0.25, 0.3) is 5.08 Å². The van der Waals surface area contributed by atoms with Crippen molar-refractivity contribution in [3.63, 3.8) is 0 Å². The van der Waals surface area contributed by atoms with Crippen LogP contribution in [-0.2, 0) is 34.1 Å². The van der Waals surface area contributed by atoms with Gasteiger partial charge < -0.3 is 29.7 Å². The zero-order valence-electron chi connectivity index (χ0n) is 17.8. The molecule has 2 aromatic rings. The number of ether oxygens (including phenoxy) is 2. The molecule has 34 heavy (non-hydrogen) atoms. The predicted octanol–water partition coefficient (Wildman–Crippen LogP) is 2.04. The van der Waals surface area contributed by atoms with Gasteiger partial charge in [0.05, 0.1) is 6.54 Å². The first-order valence-corrected chi connectivity index (χ1v) is 12.9. The summed E-state index contributed by atoms with van der Waals surface area (Å²) in [5.74, 6) is -0.426. The van der Waals surface area contributed by atoms with Crippen LogP contribution in [0.25, 0.3) is 0 Å². The van der Waals surface area contributed by atoms with Gasteiger partial charge in [0, 0.05) is 31.3 Å². The maximum Gasteiger partial charge on any atom is 0.412 e. The fourth-order valence-electron chi connectivity index (χ4n) is 2.89. The van der Waals surface area contributed by atoms with Crippen molar-refractivity contribution in [1.82, 2.24) is 10.3 Å². The molecule has 4 N–H and O–H groups in total. The first-order valence-electron chi connectivity index (χ1n) is 9.76. The molecule has 1 amide bonds. The maximum absolute atomic E-state index is 12.8. The summed E-state index contributed by atoms with van der Waals surface area (Å²) in [6, 6.07) is 8.06. The number of nitrogens with zero attached hydrogens (tertiary/aromatic N) is 1. The lowest BCUT2D eigenvalue weighted by Gasteiger charge is -2.41. The maximum atomic E-state index is 12.8. The van der Waals surface area contributed by atoms with E-state index in [0.29, 0.717) is 0 Å². The molecule has 1 aliphatic heterocycles. The van der Waals surface area contributed by atoms with Crippen molar-refractivity contribution in [2.45, 2.75) is 24.7 Å². The van der Waals surface area contributed by atoms with Gasteiger partial charge in [0.15, 0.2) is 0 Å². The van der Waals surface area contributed by atoms with Gasteiger partial charge in [-0.15, -0.1) is 0 Å². The predicted molar refractivity (Wildman–Crippen MR) is 115 cm³/mol. The molecule has 1 saturated heterocycles. The Morgan fingerprint density at radius 1 is 1.15 bits per heavy atom. The largest absolute Gasteiger partial charge is 0.464 e. The number of rotatable bonds is 7. The molecule has 184 valence electrons. The molecule has 1 aliphatic rings. The van der Waals surface area contributed by atoms with Gasteiger partial charge in [-0.25, -0.2) is 4.79 Å². The molecule has 13 nitrogen and oxygen atoms in total. The number of hydrogen-bond acceptors (Lipinski definition) is 10. The molecular weight excluding hydrogens is 494 g/mol. The van der Waals surface area contributed by atoms with E-state index in [1.165, 1.54) is 55.7 Å². The third-order valence-electron chi connectivity index (χ3n) is 4.59. The van der Waals surface area contributed by atoms with E-state index in [1.54, 1.807) is 0 Å². The number of esters is 1. The third-order valence-corrected chi connectivity index (χ3v) is 9.18. The summed E-state index contributed by atoms with van der Waals surface area (Å²) in [4.78, 5) is 47.0. The molecule has 0 saturated carbocycles. The summed E-state index contributed by atoms with van der Waals surface area (Å²) in [6.45, 7) is 1.22. The highest BCUT2D eigenvalue weighted by atomic mass is 31.2. The van der Waals surface area contributed by atoms with E-state index in [2.05, 4.69) is 15.0 Å². The molecule has 2 atom stereocenters. The SMILES string of the molecule is CC(=O)OCCNC(=O)Oc1ccc(C2OP(=O)(O)C(O)(Cc3cccnc3)P(=O)(O)O2)cc1. The van der Waals surface area contributed by atoms with Crippen LogP contribution in [0.5, 0.6) is 5.75 Å². The second-order valence-corrected chi connectivity index (χ2v) is 11.5. The molecule has 3 rings (SSSR count). The van der Waals surface area contributed by atoms with Gasteiger partial charge in [-0.05, 0) is 23.8 Å². The van der Waals surface area contributed by atoms with E-state index in [-0.39, 0.29) is 30.0 Å². The van der Waals surface area contributed by atoms with E-state index in [4.69, 9.17) is 13.8 Å². The summed E-state index contributed by atoms with van der Waals surface area (Å²) in [7, 11) is -10.2. The van der Waals surface area contributed by atoms with Crippen molar-refractivity contribution >= 4 is 27.3 Å². The number of hydrogen-bond donors (Lipinski definition) is 4. The van der Waals surface area contributed by atoms with Crippen molar-refractivity contribution in [2.24, 2.45) is 0 Å². The first kappa shape index (κ1) is 26.0. The standard InChI is InChI=1S/C19H22N2O11P2/c1-13(22)29-10-9-21-18(23)30-16-6-4-15(5-7-16)17-31-33(25,26)19(24,34(27,28)32-17)11-14-3-2-8-20-12-14/h2-8,12,17,24H,9-11H2,1H3,(H,21,23)(H,25,26)(H,27,28). The van der Waals surface area contributed by atoms with E-state index in [0.717, 1.165) is 0 Å². The summed E-state index contributed by atoms with van der Waals surface area (Å²) < 4.78 is 45.3. The van der Waals surface area contributed by atoms with E-state index in [9.17, 15) is 33.6 Å². The van der Waals surface area contributed by atoms with Crippen LogP contribution in [-0.4, -0.2) is 50.2 Å². The molecule has 2 unspecified atom stereocenters. The van der Waals surface area contributed by atoms with Crippen LogP contribution >= 0.6 is 15.2 Å². The van der Waals surface area contributed by atoms with Gasteiger partial charge in [0.2, 0.25) is 6.29 Å². The van der Waals surface area contributed by atoms with Crippen molar-refractivity contribution in [2.75, 3.05) is 13.2 Å². The van der Waals surface area contributed by atoms with Crippen molar-refractivity contribution in [3.05, 3.63) is 59.9 Å². The van der Waals surface area contributed by atoms with Crippen LogP contribution in [0.1, 0.15) is 24.3 Å². The highest BCUT2D eigenvalue weighted by Gasteiger charge is 2.67. The highest BCUT2D eigenvalue weighted by Crippen LogP contribution is 2.79. The number of benzene rings is 1. The quantitative estimate of drug-likeness (QED) is 0.238. The van der Waals surface area contributed by atoms with E-state index >= 15 is 0 Å². The molecule has 15 heteroatoms. The second-order valence-electron chi connectivity index (χ2n) is 7.12. The monoisotopic (exact) mass is 516 g/mol. The van der Waals surface area contributed by atoms with Crippen molar-refractivity contribution in [3.8, 4) is 5.75 Å². The van der Waals surface area contributed by atoms with Crippen LogP contribution in [0, 0.1) is 0 Å². The summed E-state index contributed by atoms with van der Waals surface area (Å²) in [5, 5.41) is 9.96. The van der Waals surface area contributed by atoms with Crippen molar-refractivity contribution in [1.29, 1.82) is 0 Å². The van der Waals surface area contributed by atoms with Crippen LogP contribution in [0.2, 0.25) is 0 Å². The Balaban J connectivity index is 1.67. The normalized spacial score (nSPS) is 28.6. The topological polar surface area (TPSA) is 191 Å². The summed E-state index contributed by atoms with van der Waals surface area (Å²) >= 11 is 0. The van der Waals surface area contributed by atoms with Gasteiger partial charge in [0.1, 0.15) is 12.4 Å². The minimum absolute atomic E-state index is 0.0276. The Kier molecular flexibility index (Phi) is 7.89. The third kappa shape index (κ3) is 5.89. The minimum atomic E-state index is -5.12. The molecule has 0 aliphatic carbocycles. The fourth-order valence-corrected chi connectivity index (χ4v) is 6.47. The number of pyridine rings is 1. The summed E-state index contributed by atoms with van der Waals surface area (Å²) in [6.07, 6.45) is -0.615. The molecule has 0 spiro atoms. The molecule has 2 heterocycles.